The summed E-state index contributed by atoms with van der Waals surface area (Å²) in [7, 11) is 0. The Kier molecular flexibility index (Phi) is 14.6. The van der Waals surface area contributed by atoms with Gasteiger partial charge >= 0.3 is 0 Å². The zero-order valence-corrected chi connectivity index (χ0v) is 12.7. The number of aldehydes is 1. The summed E-state index contributed by atoms with van der Waals surface area (Å²) in [6, 6.07) is 0. The van der Waals surface area contributed by atoms with Crippen LogP contribution in [0.5, 0.6) is 0 Å². The zero-order valence-electron chi connectivity index (χ0n) is 12.7. The first-order valence-electron chi connectivity index (χ1n) is 7.71. The van der Waals surface area contributed by atoms with Gasteiger partial charge in [0.2, 0.25) is 0 Å². The van der Waals surface area contributed by atoms with Crippen LogP contribution < -0.4 is 0 Å². The second kappa shape index (κ2) is 15.2. The van der Waals surface area contributed by atoms with E-state index in [1.165, 1.54) is 38.5 Å². The van der Waals surface area contributed by atoms with E-state index in [4.69, 9.17) is 9.47 Å². The molecule has 0 radical (unpaired) electrons. The first-order chi connectivity index (χ1) is 9.35. The van der Waals surface area contributed by atoms with E-state index in [-0.39, 0.29) is 6.79 Å². The van der Waals surface area contributed by atoms with Crippen molar-refractivity contribution in [2.75, 3.05) is 13.4 Å². The Bertz CT molecular complexity index is 224. The Morgan fingerprint density at radius 2 is 1.63 bits per heavy atom. The van der Waals surface area contributed by atoms with Crippen molar-refractivity contribution in [1.29, 1.82) is 0 Å². The van der Waals surface area contributed by atoms with Gasteiger partial charge in [-0.25, -0.2) is 0 Å². The fourth-order valence-corrected chi connectivity index (χ4v) is 1.80. The average Bonchev–Trinajstić information content (AvgIpc) is 2.44. The van der Waals surface area contributed by atoms with Crippen molar-refractivity contribution in [3.8, 4) is 0 Å². The minimum Gasteiger partial charge on any atom is -0.464 e. The number of unbranched alkanes of at least 4 members (excludes halogenated alkanes) is 7. The quantitative estimate of drug-likeness (QED) is 0.152. The molecular weight excluding hydrogens is 240 g/mol. The lowest BCUT2D eigenvalue weighted by atomic mass is 10.1. The molecule has 0 rings (SSSR count). The first-order valence-corrected chi connectivity index (χ1v) is 7.71. The maximum atomic E-state index is 10.8. The van der Waals surface area contributed by atoms with Crippen molar-refractivity contribution in [2.45, 2.75) is 71.6 Å². The fourth-order valence-electron chi connectivity index (χ4n) is 1.80. The molecule has 0 fully saturated rings. The number of carbonyl (C=O) groups excluding carboxylic acids is 1. The van der Waals surface area contributed by atoms with Crippen LogP contribution in [-0.4, -0.2) is 19.7 Å². The van der Waals surface area contributed by atoms with Crippen LogP contribution in [0.3, 0.4) is 0 Å². The highest BCUT2D eigenvalue weighted by Crippen LogP contribution is 2.09. The van der Waals surface area contributed by atoms with E-state index in [0.717, 1.165) is 25.5 Å². The number of hydrogen-bond donors (Lipinski definition) is 0. The molecule has 3 heteroatoms. The third-order valence-corrected chi connectivity index (χ3v) is 2.93. The molecule has 0 aliphatic rings. The second-order valence-corrected chi connectivity index (χ2v) is 4.80. The number of allylic oxidation sites excluding steroid dienone is 2. The van der Waals surface area contributed by atoms with Crippen LogP contribution in [-0.2, 0) is 14.3 Å². The smallest absolute Gasteiger partial charge is 0.189 e. The number of carbonyl (C=O) groups is 1. The van der Waals surface area contributed by atoms with E-state index in [1.54, 1.807) is 0 Å². The Hall–Kier alpha value is -0.830. The standard InChI is InChI=1S/C16H30O3/c1-3-5-6-7-8-9-10-11-12-16(14-17)19-15-18-13-4-2/h12,14H,3-11,13,15H2,1-2H3/b16-12+. The highest BCUT2D eigenvalue weighted by atomic mass is 16.7. The van der Waals surface area contributed by atoms with Gasteiger partial charge in [-0.1, -0.05) is 52.4 Å². The summed E-state index contributed by atoms with van der Waals surface area (Å²) in [5, 5.41) is 0. The molecule has 0 heterocycles. The molecule has 19 heavy (non-hydrogen) atoms. The summed E-state index contributed by atoms with van der Waals surface area (Å²) in [4.78, 5) is 10.8. The topological polar surface area (TPSA) is 35.5 Å². The van der Waals surface area contributed by atoms with Crippen LogP contribution >= 0.6 is 0 Å². The molecule has 0 aliphatic heterocycles. The van der Waals surface area contributed by atoms with Gasteiger partial charge < -0.3 is 9.47 Å². The summed E-state index contributed by atoms with van der Waals surface area (Å²) in [6.07, 6.45) is 13.5. The molecule has 0 aromatic rings. The summed E-state index contributed by atoms with van der Waals surface area (Å²) >= 11 is 0. The van der Waals surface area contributed by atoms with Gasteiger partial charge in [-0.2, -0.15) is 0 Å². The van der Waals surface area contributed by atoms with Crippen molar-refractivity contribution in [3.05, 3.63) is 11.8 Å². The Morgan fingerprint density at radius 1 is 0.947 bits per heavy atom. The van der Waals surface area contributed by atoms with Crippen molar-refractivity contribution >= 4 is 6.29 Å². The highest BCUT2D eigenvalue weighted by Gasteiger charge is 1.96. The van der Waals surface area contributed by atoms with E-state index >= 15 is 0 Å². The van der Waals surface area contributed by atoms with Gasteiger partial charge in [0, 0.05) is 0 Å². The Morgan fingerprint density at radius 3 is 2.26 bits per heavy atom. The Balaban J connectivity index is 3.46. The monoisotopic (exact) mass is 270 g/mol. The maximum absolute atomic E-state index is 10.8. The van der Waals surface area contributed by atoms with Crippen LogP contribution in [0.4, 0.5) is 0 Å². The molecule has 0 atom stereocenters. The van der Waals surface area contributed by atoms with Gasteiger partial charge in [-0.05, 0) is 25.3 Å². The lowest BCUT2D eigenvalue weighted by Gasteiger charge is -2.05. The normalized spacial score (nSPS) is 11.6. The van der Waals surface area contributed by atoms with Crippen LogP contribution in [0.25, 0.3) is 0 Å². The lowest BCUT2D eigenvalue weighted by Crippen LogP contribution is -2.01. The summed E-state index contributed by atoms with van der Waals surface area (Å²) in [5.41, 5.74) is 0. The maximum Gasteiger partial charge on any atom is 0.189 e. The fraction of sp³-hybridized carbons (Fsp3) is 0.812. The first kappa shape index (κ1) is 18.2. The number of hydrogen-bond acceptors (Lipinski definition) is 3. The molecule has 0 aromatic heterocycles. The van der Waals surface area contributed by atoms with Gasteiger partial charge in [0.25, 0.3) is 0 Å². The predicted molar refractivity (Wildman–Crippen MR) is 79.0 cm³/mol. The molecule has 0 aromatic carbocycles. The van der Waals surface area contributed by atoms with Crippen LogP contribution in [0.15, 0.2) is 11.8 Å². The molecule has 0 N–H and O–H groups in total. The highest BCUT2D eigenvalue weighted by molar-refractivity contribution is 5.69. The van der Waals surface area contributed by atoms with Gasteiger partial charge in [0.1, 0.15) is 0 Å². The zero-order chi connectivity index (χ0) is 14.2. The minimum absolute atomic E-state index is 0.176. The third-order valence-electron chi connectivity index (χ3n) is 2.93. The van der Waals surface area contributed by atoms with E-state index in [0.29, 0.717) is 12.4 Å². The summed E-state index contributed by atoms with van der Waals surface area (Å²) in [5.74, 6) is 0.405. The van der Waals surface area contributed by atoms with E-state index in [9.17, 15) is 4.79 Å². The van der Waals surface area contributed by atoms with E-state index in [2.05, 4.69) is 6.92 Å². The molecule has 0 saturated carbocycles. The average molecular weight is 270 g/mol. The predicted octanol–water partition coefficient (Wildman–Crippen LogP) is 4.61. The molecule has 0 aliphatic carbocycles. The minimum atomic E-state index is 0.176. The molecule has 112 valence electrons. The molecule has 0 bridgehead atoms. The number of rotatable bonds is 14. The number of ether oxygens (including phenoxy) is 2. The van der Waals surface area contributed by atoms with Crippen molar-refractivity contribution in [1.82, 2.24) is 0 Å². The summed E-state index contributed by atoms with van der Waals surface area (Å²) in [6.45, 7) is 5.12. The van der Waals surface area contributed by atoms with Crippen molar-refractivity contribution < 1.29 is 14.3 Å². The van der Waals surface area contributed by atoms with Crippen LogP contribution in [0.2, 0.25) is 0 Å². The van der Waals surface area contributed by atoms with Gasteiger partial charge in [-0.15, -0.1) is 0 Å². The molecule has 0 unspecified atom stereocenters. The van der Waals surface area contributed by atoms with Crippen molar-refractivity contribution in [2.24, 2.45) is 0 Å². The van der Waals surface area contributed by atoms with Gasteiger partial charge in [-0.3, -0.25) is 4.79 Å². The van der Waals surface area contributed by atoms with E-state index < -0.39 is 0 Å². The van der Waals surface area contributed by atoms with Gasteiger partial charge in [0.15, 0.2) is 18.8 Å². The summed E-state index contributed by atoms with van der Waals surface area (Å²) < 4.78 is 10.4. The van der Waals surface area contributed by atoms with Gasteiger partial charge in [0.05, 0.1) is 6.61 Å². The largest absolute Gasteiger partial charge is 0.464 e. The van der Waals surface area contributed by atoms with E-state index in [1.807, 2.05) is 13.0 Å². The molecular formula is C16H30O3. The molecule has 3 nitrogen and oxygen atoms in total. The van der Waals surface area contributed by atoms with Crippen LogP contribution in [0, 0.1) is 0 Å². The lowest BCUT2D eigenvalue weighted by molar-refractivity contribution is -0.111. The Labute approximate surface area is 118 Å². The SMILES string of the molecule is CCCCCCCCC/C=C(\C=O)OCOCCC. The molecule has 0 spiro atoms. The molecule has 0 amide bonds. The molecule has 0 saturated heterocycles. The second-order valence-electron chi connectivity index (χ2n) is 4.80. The third kappa shape index (κ3) is 13.4. The van der Waals surface area contributed by atoms with Crippen molar-refractivity contribution in [3.63, 3.8) is 0 Å². The van der Waals surface area contributed by atoms with Crippen LogP contribution in [0.1, 0.15) is 71.6 Å².